The first kappa shape index (κ1) is 23.0. The number of rotatable bonds is 5. The third-order valence-electron chi connectivity index (χ3n) is 7.43. The van der Waals surface area contributed by atoms with Crippen molar-refractivity contribution in [2.24, 2.45) is 0 Å². The van der Waals surface area contributed by atoms with Gasteiger partial charge in [0.1, 0.15) is 0 Å². The van der Waals surface area contributed by atoms with Crippen LogP contribution in [0.15, 0.2) is 164 Å². The zero-order chi connectivity index (χ0) is 26.0. The van der Waals surface area contributed by atoms with Gasteiger partial charge in [-0.2, -0.15) is 0 Å². The Morgan fingerprint density at radius 3 is 1.74 bits per heavy atom. The molecule has 0 aliphatic heterocycles. The lowest BCUT2D eigenvalue weighted by atomic mass is 9.94. The van der Waals surface area contributed by atoms with Gasteiger partial charge in [0, 0.05) is 16.6 Å². The molecule has 0 atom stereocenters. The normalized spacial score (nSPS) is 11.1. The van der Waals surface area contributed by atoms with Crippen LogP contribution in [0.3, 0.4) is 0 Å². The van der Waals surface area contributed by atoms with E-state index in [-0.39, 0.29) is 0 Å². The molecule has 0 saturated heterocycles. The predicted molar refractivity (Wildman–Crippen MR) is 167 cm³/mol. The van der Waals surface area contributed by atoms with Crippen LogP contribution in [0.4, 0.5) is 17.1 Å². The molecule has 0 heterocycles. The lowest BCUT2D eigenvalue weighted by molar-refractivity contribution is 1.30. The Hall–Kier alpha value is -5.14. The van der Waals surface area contributed by atoms with Gasteiger partial charge in [-0.05, 0) is 63.2 Å². The number of hydrogen-bond acceptors (Lipinski definition) is 1. The molecule has 0 aliphatic carbocycles. The highest BCUT2D eigenvalue weighted by molar-refractivity contribution is 6.09. The molecule has 7 aromatic carbocycles. The quantitative estimate of drug-likeness (QED) is 0.229. The summed E-state index contributed by atoms with van der Waals surface area (Å²) in [6, 6.07) is 58.7. The molecule has 1 heteroatoms. The standard InChI is InChI=1S/C38H27N/c1-3-14-29(15-4-1)34-21-9-10-23-36(34)39(33-19-5-2-6-20-33)37-24-12-18-30-17-11-22-35(38(30)37)32-26-25-28-13-7-8-16-31(28)27-32/h1-27H. The van der Waals surface area contributed by atoms with Crippen LogP contribution in [-0.4, -0.2) is 0 Å². The van der Waals surface area contributed by atoms with Crippen molar-refractivity contribution in [3.63, 3.8) is 0 Å². The van der Waals surface area contributed by atoms with Crippen LogP contribution in [0.25, 0.3) is 43.8 Å². The van der Waals surface area contributed by atoms with Crippen LogP contribution in [0.5, 0.6) is 0 Å². The third-order valence-corrected chi connectivity index (χ3v) is 7.43. The second kappa shape index (κ2) is 9.96. The summed E-state index contributed by atoms with van der Waals surface area (Å²) in [6.45, 7) is 0. The average Bonchev–Trinajstić information content (AvgIpc) is 3.02. The summed E-state index contributed by atoms with van der Waals surface area (Å²) in [4.78, 5) is 2.41. The van der Waals surface area contributed by atoms with Gasteiger partial charge in [-0.3, -0.25) is 0 Å². The predicted octanol–water partition coefficient (Wildman–Crippen LogP) is 10.8. The maximum Gasteiger partial charge on any atom is 0.0546 e. The summed E-state index contributed by atoms with van der Waals surface area (Å²) in [5.74, 6) is 0. The first-order chi connectivity index (χ1) is 19.4. The summed E-state index contributed by atoms with van der Waals surface area (Å²) in [6.07, 6.45) is 0. The molecule has 0 radical (unpaired) electrons. The second-order valence-corrected chi connectivity index (χ2v) is 9.80. The van der Waals surface area contributed by atoms with E-state index in [1.54, 1.807) is 0 Å². The van der Waals surface area contributed by atoms with Gasteiger partial charge in [0.25, 0.3) is 0 Å². The SMILES string of the molecule is c1ccc(-c2ccccc2N(c2ccccc2)c2cccc3cccc(-c4ccc5ccccc5c4)c23)cc1. The molecule has 0 N–H and O–H groups in total. The van der Waals surface area contributed by atoms with Crippen molar-refractivity contribution in [1.82, 2.24) is 0 Å². The summed E-state index contributed by atoms with van der Waals surface area (Å²) < 4.78 is 0. The molecule has 0 fully saturated rings. The van der Waals surface area contributed by atoms with Gasteiger partial charge in [0.15, 0.2) is 0 Å². The zero-order valence-electron chi connectivity index (χ0n) is 21.5. The molecule has 184 valence electrons. The monoisotopic (exact) mass is 497 g/mol. The molecule has 7 aromatic rings. The van der Waals surface area contributed by atoms with Crippen LogP contribution >= 0.6 is 0 Å². The minimum atomic E-state index is 1.13. The van der Waals surface area contributed by atoms with Gasteiger partial charge in [-0.1, -0.05) is 133 Å². The Bertz CT molecular complexity index is 1900. The van der Waals surface area contributed by atoms with Crippen LogP contribution in [0.1, 0.15) is 0 Å². The van der Waals surface area contributed by atoms with E-state index in [1.807, 2.05) is 0 Å². The smallest absolute Gasteiger partial charge is 0.0546 e. The van der Waals surface area contributed by atoms with Crippen LogP contribution in [-0.2, 0) is 0 Å². The Labute approximate surface area is 229 Å². The van der Waals surface area contributed by atoms with Crippen LogP contribution in [0, 0.1) is 0 Å². The number of fused-ring (bicyclic) bond motifs is 2. The highest BCUT2D eigenvalue weighted by Crippen LogP contribution is 2.45. The van der Waals surface area contributed by atoms with Crippen molar-refractivity contribution in [2.45, 2.75) is 0 Å². The maximum absolute atomic E-state index is 2.41. The molecule has 7 rings (SSSR count). The van der Waals surface area contributed by atoms with Crippen molar-refractivity contribution in [1.29, 1.82) is 0 Å². The van der Waals surface area contributed by atoms with E-state index in [4.69, 9.17) is 0 Å². The number of nitrogens with zero attached hydrogens (tertiary/aromatic N) is 1. The van der Waals surface area contributed by atoms with Gasteiger partial charge < -0.3 is 4.90 Å². The highest BCUT2D eigenvalue weighted by Gasteiger charge is 2.20. The van der Waals surface area contributed by atoms with Gasteiger partial charge in [-0.15, -0.1) is 0 Å². The largest absolute Gasteiger partial charge is 0.309 e. The van der Waals surface area contributed by atoms with E-state index in [9.17, 15) is 0 Å². The molecular weight excluding hydrogens is 470 g/mol. The van der Waals surface area contributed by atoms with E-state index in [1.165, 1.54) is 43.8 Å². The Morgan fingerprint density at radius 1 is 0.333 bits per heavy atom. The Kier molecular flexibility index (Phi) is 5.88. The van der Waals surface area contributed by atoms with Gasteiger partial charge in [0.2, 0.25) is 0 Å². The summed E-state index contributed by atoms with van der Waals surface area (Å²) in [7, 11) is 0. The van der Waals surface area contributed by atoms with E-state index in [0.29, 0.717) is 0 Å². The number of hydrogen-bond donors (Lipinski definition) is 0. The maximum atomic E-state index is 2.41. The highest BCUT2D eigenvalue weighted by atomic mass is 15.1. The van der Waals surface area contributed by atoms with Gasteiger partial charge >= 0.3 is 0 Å². The number of anilines is 3. The fourth-order valence-corrected chi connectivity index (χ4v) is 5.62. The number of para-hydroxylation sites is 2. The van der Waals surface area contributed by atoms with Crippen molar-refractivity contribution in [2.75, 3.05) is 4.90 Å². The fraction of sp³-hybridized carbons (Fsp3) is 0. The Morgan fingerprint density at radius 2 is 0.923 bits per heavy atom. The topological polar surface area (TPSA) is 3.24 Å². The molecule has 0 aliphatic rings. The van der Waals surface area contributed by atoms with E-state index in [2.05, 4.69) is 169 Å². The van der Waals surface area contributed by atoms with E-state index in [0.717, 1.165) is 17.1 Å². The van der Waals surface area contributed by atoms with Crippen molar-refractivity contribution < 1.29 is 0 Å². The molecule has 39 heavy (non-hydrogen) atoms. The molecule has 1 nitrogen and oxygen atoms in total. The van der Waals surface area contributed by atoms with Crippen molar-refractivity contribution in [3.8, 4) is 22.3 Å². The minimum absolute atomic E-state index is 1.13. The summed E-state index contributed by atoms with van der Waals surface area (Å²) in [5.41, 5.74) is 8.28. The molecular formula is C38H27N. The van der Waals surface area contributed by atoms with Crippen molar-refractivity contribution in [3.05, 3.63) is 164 Å². The lowest BCUT2D eigenvalue weighted by Gasteiger charge is -2.29. The van der Waals surface area contributed by atoms with Gasteiger partial charge in [-0.25, -0.2) is 0 Å². The first-order valence-corrected chi connectivity index (χ1v) is 13.4. The second-order valence-electron chi connectivity index (χ2n) is 9.80. The lowest BCUT2D eigenvalue weighted by Crippen LogP contribution is -2.12. The Balaban J connectivity index is 1.52. The summed E-state index contributed by atoms with van der Waals surface area (Å²) in [5, 5.41) is 4.96. The number of benzene rings is 7. The van der Waals surface area contributed by atoms with E-state index >= 15 is 0 Å². The minimum Gasteiger partial charge on any atom is -0.309 e. The fourth-order valence-electron chi connectivity index (χ4n) is 5.62. The van der Waals surface area contributed by atoms with E-state index < -0.39 is 0 Å². The molecule has 0 bridgehead atoms. The molecule has 0 amide bonds. The summed E-state index contributed by atoms with van der Waals surface area (Å²) >= 11 is 0. The van der Waals surface area contributed by atoms with Crippen LogP contribution in [0.2, 0.25) is 0 Å². The average molecular weight is 498 g/mol. The van der Waals surface area contributed by atoms with Crippen molar-refractivity contribution >= 4 is 38.6 Å². The third kappa shape index (κ3) is 4.24. The van der Waals surface area contributed by atoms with Gasteiger partial charge in [0.05, 0.1) is 11.4 Å². The molecule has 0 spiro atoms. The molecule has 0 unspecified atom stereocenters. The zero-order valence-corrected chi connectivity index (χ0v) is 21.5. The van der Waals surface area contributed by atoms with Crippen LogP contribution < -0.4 is 4.90 Å². The molecule has 0 saturated carbocycles. The molecule has 0 aromatic heterocycles. The first-order valence-electron chi connectivity index (χ1n) is 13.4.